The van der Waals surface area contributed by atoms with Gasteiger partial charge >= 0.3 is 189 Å². The Labute approximate surface area is 188 Å². The number of rotatable bonds is 21. The third-order valence-corrected chi connectivity index (χ3v) is 71.3. The van der Waals surface area contributed by atoms with E-state index in [1.165, 1.54) is 107 Å². The van der Waals surface area contributed by atoms with Gasteiger partial charge in [-0.15, -0.1) is 0 Å². The molecule has 170 valence electrons. The molecule has 0 N–H and O–H groups in total. The summed E-state index contributed by atoms with van der Waals surface area (Å²) in [6.07, 6.45) is 21.5. The van der Waals surface area contributed by atoms with Gasteiger partial charge in [0.2, 0.25) is 0 Å². The second-order valence-corrected chi connectivity index (χ2v) is 53.4. The van der Waals surface area contributed by atoms with Crippen molar-refractivity contribution in [1.29, 1.82) is 0 Å². The number of unbranched alkanes of at least 4 members (excludes halogenated alkanes) is 10. The van der Waals surface area contributed by atoms with Gasteiger partial charge in [0.25, 0.3) is 0 Å². The van der Waals surface area contributed by atoms with Crippen LogP contribution in [-0.4, -0.2) is 21.7 Å². The molecule has 0 aliphatic heterocycles. The zero-order chi connectivity index (χ0) is 21.1. The molecular weight excluding hydrogens is 481 g/mol. The molecular formula is C25H55ClGe2. The molecule has 0 atom stereocenters. The standard InChI is InChI=1S/C25H55ClGe2/c1-6-11-16-21-27(22-17-12-7-2,23-18-13-8-3)28(26,24-19-14-9-4)25-20-15-10-5/h6-25H2,1-5H3. The van der Waals surface area contributed by atoms with E-state index in [1.807, 2.05) is 0 Å². The monoisotopic (exact) mass is 538 g/mol. The average molecular weight is 536 g/mol. The topological polar surface area (TPSA) is 0 Å². The average Bonchev–Trinajstić information content (AvgIpc) is 2.68. The molecule has 0 saturated heterocycles. The van der Waals surface area contributed by atoms with E-state index >= 15 is 0 Å². The van der Waals surface area contributed by atoms with E-state index in [-0.39, 0.29) is 0 Å². The van der Waals surface area contributed by atoms with E-state index in [0.29, 0.717) is 0 Å². The molecule has 0 aliphatic rings. The molecule has 0 aromatic carbocycles. The van der Waals surface area contributed by atoms with Crippen molar-refractivity contribution in [3.63, 3.8) is 0 Å². The summed E-state index contributed by atoms with van der Waals surface area (Å²) in [6, 6.07) is 0. The van der Waals surface area contributed by atoms with Crippen molar-refractivity contribution in [1.82, 2.24) is 0 Å². The predicted molar refractivity (Wildman–Crippen MR) is 139 cm³/mol. The van der Waals surface area contributed by atoms with Crippen molar-refractivity contribution in [2.24, 2.45) is 0 Å². The summed E-state index contributed by atoms with van der Waals surface area (Å²) in [5.74, 6) is 0. The van der Waals surface area contributed by atoms with E-state index in [4.69, 9.17) is 10.0 Å². The van der Waals surface area contributed by atoms with E-state index < -0.39 is 21.7 Å². The van der Waals surface area contributed by atoms with Gasteiger partial charge in [0.15, 0.2) is 0 Å². The second kappa shape index (κ2) is 19.1. The van der Waals surface area contributed by atoms with Crippen molar-refractivity contribution >= 4 is 31.7 Å². The minimum atomic E-state index is -2.23. The van der Waals surface area contributed by atoms with E-state index in [9.17, 15) is 0 Å². The Morgan fingerprint density at radius 3 is 0.893 bits per heavy atom. The van der Waals surface area contributed by atoms with E-state index in [1.54, 1.807) is 15.8 Å². The fourth-order valence-corrected chi connectivity index (χ4v) is 66.4. The molecule has 0 spiro atoms. The Morgan fingerprint density at radius 1 is 0.393 bits per heavy atom. The van der Waals surface area contributed by atoms with Gasteiger partial charge in [0, 0.05) is 0 Å². The van der Waals surface area contributed by atoms with E-state index in [0.717, 1.165) is 0 Å². The summed E-state index contributed by atoms with van der Waals surface area (Å²) in [7, 11) is 5.81. The number of hydrogen-bond donors (Lipinski definition) is 0. The van der Waals surface area contributed by atoms with Crippen molar-refractivity contribution < 1.29 is 0 Å². The number of halogens is 1. The first-order chi connectivity index (χ1) is 13.6. The maximum atomic E-state index is 8.04. The Kier molecular flexibility index (Phi) is 20.0. The minimum absolute atomic E-state index is 1.35. The predicted octanol–water partition coefficient (Wildman–Crippen LogP) is 10.6. The third kappa shape index (κ3) is 11.7. The van der Waals surface area contributed by atoms with Gasteiger partial charge in [-0.05, 0) is 0 Å². The van der Waals surface area contributed by atoms with Crippen molar-refractivity contribution in [3.8, 4) is 0 Å². The van der Waals surface area contributed by atoms with Crippen LogP contribution in [0.3, 0.4) is 0 Å². The molecule has 0 saturated carbocycles. The van der Waals surface area contributed by atoms with Gasteiger partial charge in [0.1, 0.15) is 0 Å². The fourth-order valence-electron chi connectivity index (χ4n) is 5.15. The molecule has 0 aromatic heterocycles. The normalized spacial score (nSPS) is 12.6. The maximum absolute atomic E-state index is 8.04. The van der Waals surface area contributed by atoms with Crippen molar-refractivity contribution in [3.05, 3.63) is 0 Å². The molecule has 0 radical (unpaired) electrons. The number of hydrogen-bond acceptors (Lipinski definition) is 0. The van der Waals surface area contributed by atoms with Crippen LogP contribution in [0.5, 0.6) is 0 Å². The van der Waals surface area contributed by atoms with Gasteiger partial charge in [-0.3, -0.25) is 0 Å². The van der Waals surface area contributed by atoms with Crippen LogP contribution in [0.15, 0.2) is 0 Å². The molecule has 0 nitrogen and oxygen atoms in total. The van der Waals surface area contributed by atoms with Crippen LogP contribution < -0.4 is 0 Å². The first-order valence-electron chi connectivity index (χ1n) is 13.2. The first-order valence-corrected chi connectivity index (χ1v) is 29.9. The van der Waals surface area contributed by atoms with Gasteiger partial charge in [-0.1, -0.05) is 0 Å². The molecule has 3 heteroatoms. The van der Waals surface area contributed by atoms with Crippen molar-refractivity contribution in [2.75, 3.05) is 0 Å². The van der Waals surface area contributed by atoms with Crippen LogP contribution in [0.25, 0.3) is 0 Å². The third-order valence-electron chi connectivity index (χ3n) is 7.08. The van der Waals surface area contributed by atoms with Crippen LogP contribution in [0.4, 0.5) is 0 Å². The molecule has 0 aromatic rings. The Bertz CT molecular complexity index is 296. The van der Waals surface area contributed by atoms with Crippen LogP contribution in [0, 0.1) is 0 Å². The molecule has 0 bridgehead atoms. The molecule has 28 heavy (non-hydrogen) atoms. The second-order valence-electron chi connectivity index (χ2n) is 9.53. The van der Waals surface area contributed by atoms with Gasteiger partial charge in [0.05, 0.1) is 0 Å². The Morgan fingerprint density at radius 2 is 0.643 bits per heavy atom. The quantitative estimate of drug-likeness (QED) is 0.101. The molecule has 0 heterocycles. The summed E-state index contributed by atoms with van der Waals surface area (Å²) in [6.45, 7) is 11.8. The zero-order valence-corrected chi connectivity index (χ0v) is 25.5. The van der Waals surface area contributed by atoms with Crippen LogP contribution >= 0.6 is 10.0 Å². The first kappa shape index (κ1) is 29.4. The van der Waals surface area contributed by atoms with Crippen LogP contribution in [-0.2, 0) is 0 Å². The van der Waals surface area contributed by atoms with Gasteiger partial charge < -0.3 is 0 Å². The molecule has 0 fully saturated rings. The van der Waals surface area contributed by atoms with E-state index in [2.05, 4.69) is 34.6 Å². The van der Waals surface area contributed by atoms with Gasteiger partial charge in [-0.25, -0.2) is 0 Å². The summed E-state index contributed by atoms with van der Waals surface area (Å²) < 4.78 is 0. The molecule has 0 unspecified atom stereocenters. The molecule has 0 amide bonds. The van der Waals surface area contributed by atoms with Gasteiger partial charge in [-0.2, -0.15) is 0 Å². The summed E-state index contributed by atoms with van der Waals surface area (Å²) in [5.41, 5.74) is 0. The Balaban J connectivity index is 5.63. The SMILES string of the molecule is CCCC[CH2][Ge]([Cl])([CH2]CCCC)[Ge]([CH2]CCCC)([CH2]CCCC)[CH2]CCCC. The van der Waals surface area contributed by atoms with Crippen LogP contribution in [0.2, 0.25) is 26.3 Å². The van der Waals surface area contributed by atoms with Crippen molar-refractivity contribution in [2.45, 2.75) is 157 Å². The Hall–Kier alpha value is 1.38. The zero-order valence-electron chi connectivity index (χ0n) is 20.5. The summed E-state index contributed by atoms with van der Waals surface area (Å²) >= 11 is -1.96. The van der Waals surface area contributed by atoms with Crippen LogP contribution in [0.1, 0.15) is 131 Å². The fraction of sp³-hybridized carbons (Fsp3) is 1.00. The summed E-state index contributed by atoms with van der Waals surface area (Å²) in [4.78, 5) is 0. The molecule has 0 aliphatic carbocycles. The summed E-state index contributed by atoms with van der Waals surface area (Å²) in [5, 5.41) is 7.96. The molecule has 0 rings (SSSR count).